The summed E-state index contributed by atoms with van der Waals surface area (Å²) in [5, 5.41) is 18.4. The van der Waals surface area contributed by atoms with Crippen LogP contribution in [-0.4, -0.2) is 0 Å². The molecule has 4 fully saturated rings. The van der Waals surface area contributed by atoms with Crippen LogP contribution in [0.4, 0.5) is 0 Å². The lowest BCUT2D eigenvalue weighted by atomic mass is 9.32. The number of hydrogen-bond donors (Lipinski definition) is 0. The fourth-order valence-electron chi connectivity index (χ4n) is 9.45. The van der Waals surface area contributed by atoms with Gasteiger partial charge in [0.25, 0.3) is 12.5 Å². The van der Waals surface area contributed by atoms with Crippen LogP contribution in [0.25, 0.3) is 0 Å². The maximum atomic E-state index is 9.19. The number of rotatable bonds is 6. The molecule has 2 atom stereocenters. The second-order valence-electron chi connectivity index (χ2n) is 13.3. The molecule has 0 radical (unpaired) electrons. The van der Waals surface area contributed by atoms with E-state index in [4.69, 9.17) is 9.47 Å². The van der Waals surface area contributed by atoms with Crippen molar-refractivity contribution in [2.45, 2.75) is 104 Å². The molecule has 0 saturated heterocycles. The Morgan fingerprint density at radius 1 is 0.703 bits per heavy atom. The third-order valence-electron chi connectivity index (χ3n) is 10.6. The van der Waals surface area contributed by atoms with Crippen molar-refractivity contribution < 1.29 is 9.47 Å². The van der Waals surface area contributed by atoms with Gasteiger partial charge in [0, 0.05) is 0 Å². The van der Waals surface area contributed by atoms with Gasteiger partial charge in [-0.15, -0.1) is 10.5 Å². The zero-order valence-corrected chi connectivity index (χ0v) is 23.5. The predicted molar refractivity (Wildman–Crippen MR) is 145 cm³/mol. The highest BCUT2D eigenvalue weighted by molar-refractivity contribution is 5.51. The first-order valence-corrected chi connectivity index (χ1v) is 13.8. The van der Waals surface area contributed by atoms with E-state index in [-0.39, 0.29) is 16.2 Å². The molecule has 0 N–H and O–H groups in total. The molecule has 4 nitrogen and oxygen atoms in total. The van der Waals surface area contributed by atoms with Crippen LogP contribution in [0, 0.1) is 67.5 Å². The lowest BCUT2D eigenvalue weighted by Gasteiger charge is -2.72. The average molecular weight is 497 g/mol. The second-order valence-corrected chi connectivity index (χ2v) is 13.3. The highest BCUT2D eigenvalue weighted by atomic mass is 16.5. The molecule has 0 spiro atoms. The minimum atomic E-state index is 0.0966. The number of hydrogen-bond acceptors (Lipinski definition) is 4. The molecular weight excluding hydrogens is 456 g/mol. The predicted octanol–water partition coefficient (Wildman–Crippen LogP) is 8.24. The molecule has 37 heavy (non-hydrogen) atoms. The quantitative estimate of drug-likeness (QED) is 0.378. The Morgan fingerprint density at radius 3 is 1.43 bits per heavy atom. The molecule has 4 aliphatic rings. The van der Waals surface area contributed by atoms with Gasteiger partial charge in [-0.25, -0.2) is 0 Å². The molecular formula is C33H40N2O2. The largest absolute Gasteiger partial charge is 0.387 e. The van der Waals surface area contributed by atoms with Crippen molar-refractivity contribution >= 4 is 0 Å². The summed E-state index contributed by atoms with van der Waals surface area (Å²) < 4.78 is 10.7. The van der Waals surface area contributed by atoms with Gasteiger partial charge in [0.1, 0.15) is 11.5 Å². The van der Waals surface area contributed by atoms with E-state index in [0.717, 1.165) is 28.7 Å². The van der Waals surface area contributed by atoms with E-state index in [1.54, 1.807) is 0 Å². The minimum Gasteiger partial charge on any atom is -0.387 e. The van der Waals surface area contributed by atoms with Crippen LogP contribution in [0.1, 0.15) is 99.1 Å². The SMILES string of the molecule is CCC12CC3(c4cc(C)c(OC#N)c(C)c4)CC(c4cc(C)c(OC#N)c(C)c4)(C1)CC(C(C)C)(C2)C3. The van der Waals surface area contributed by atoms with E-state index in [1.807, 2.05) is 12.5 Å². The first kappa shape index (κ1) is 25.7. The number of ether oxygens (including phenoxy) is 2. The standard InChI is InChI=1S/C33H40N2O2/c1-8-30-13-31(21(2)3)16-32(14-30,26-9-22(4)28(36-19-34)23(5)10-26)18-33(15-30,17-31)27-11-24(6)29(37-20-35)25(7)12-27/h9-12,21H,8,13-18H2,1-7H3. The van der Waals surface area contributed by atoms with E-state index in [1.165, 1.54) is 49.7 Å². The molecule has 4 bridgehead atoms. The molecule has 2 unspecified atom stereocenters. The Hall–Kier alpha value is -2.98. The fourth-order valence-corrected chi connectivity index (χ4v) is 9.45. The van der Waals surface area contributed by atoms with Crippen LogP contribution in [0.5, 0.6) is 11.5 Å². The van der Waals surface area contributed by atoms with Gasteiger partial charge in [0.2, 0.25) is 0 Å². The van der Waals surface area contributed by atoms with E-state index in [9.17, 15) is 10.5 Å². The Morgan fingerprint density at radius 2 is 1.11 bits per heavy atom. The summed E-state index contributed by atoms with van der Waals surface area (Å²) in [5.74, 6) is 2.01. The van der Waals surface area contributed by atoms with Gasteiger partial charge in [-0.3, -0.25) is 0 Å². The first-order chi connectivity index (χ1) is 17.5. The summed E-state index contributed by atoms with van der Waals surface area (Å²) in [5.41, 5.74) is 7.85. The van der Waals surface area contributed by atoms with Gasteiger partial charge in [-0.2, -0.15) is 0 Å². The molecule has 4 saturated carbocycles. The maximum absolute atomic E-state index is 9.19. The smallest absolute Gasteiger partial charge is 0.292 e. The maximum Gasteiger partial charge on any atom is 0.292 e. The molecule has 0 aromatic heterocycles. The van der Waals surface area contributed by atoms with Crippen molar-refractivity contribution in [3.63, 3.8) is 0 Å². The number of nitrogens with zero attached hydrogens (tertiary/aromatic N) is 2. The van der Waals surface area contributed by atoms with E-state index < -0.39 is 0 Å². The molecule has 4 heteroatoms. The van der Waals surface area contributed by atoms with Crippen LogP contribution in [-0.2, 0) is 10.8 Å². The van der Waals surface area contributed by atoms with Crippen molar-refractivity contribution in [2.24, 2.45) is 16.7 Å². The van der Waals surface area contributed by atoms with Gasteiger partial charge in [-0.1, -0.05) is 51.5 Å². The van der Waals surface area contributed by atoms with Gasteiger partial charge in [-0.05, 0) is 127 Å². The Labute approximate surface area is 222 Å². The molecule has 0 amide bonds. The molecule has 194 valence electrons. The van der Waals surface area contributed by atoms with Crippen molar-refractivity contribution in [3.8, 4) is 24.0 Å². The molecule has 2 aromatic rings. The first-order valence-electron chi connectivity index (χ1n) is 13.8. The molecule has 0 aliphatic heterocycles. The lowest BCUT2D eigenvalue weighted by Crippen LogP contribution is -2.65. The number of benzene rings is 2. The van der Waals surface area contributed by atoms with Crippen molar-refractivity contribution in [1.82, 2.24) is 0 Å². The van der Waals surface area contributed by atoms with Gasteiger partial charge >= 0.3 is 0 Å². The monoisotopic (exact) mass is 496 g/mol. The zero-order chi connectivity index (χ0) is 26.8. The zero-order valence-electron chi connectivity index (χ0n) is 23.5. The van der Waals surface area contributed by atoms with Crippen LogP contribution >= 0.6 is 0 Å². The van der Waals surface area contributed by atoms with E-state index in [0.29, 0.717) is 22.8 Å². The summed E-state index contributed by atoms with van der Waals surface area (Å²) in [4.78, 5) is 0. The number of nitriles is 2. The Bertz CT molecular complexity index is 1210. The summed E-state index contributed by atoms with van der Waals surface area (Å²) in [6.07, 6.45) is 12.3. The highest BCUT2D eigenvalue weighted by Gasteiger charge is 2.68. The van der Waals surface area contributed by atoms with Gasteiger partial charge < -0.3 is 9.47 Å². The van der Waals surface area contributed by atoms with Crippen molar-refractivity contribution in [3.05, 3.63) is 57.6 Å². The summed E-state index contributed by atoms with van der Waals surface area (Å²) in [6.45, 7) is 15.6. The lowest BCUT2D eigenvalue weighted by molar-refractivity contribution is -0.161. The van der Waals surface area contributed by atoms with Gasteiger partial charge in [0.05, 0.1) is 0 Å². The third-order valence-corrected chi connectivity index (χ3v) is 10.6. The average Bonchev–Trinajstić information content (AvgIpc) is 2.82. The summed E-state index contributed by atoms with van der Waals surface area (Å²) >= 11 is 0. The highest BCUT2D eigenvalue weighted by Crippen LogP contribution is 2.76. The molecule has 4 aliphatic carbocycles. The Balaban J connectivity index is 1.73. The topological polar surface area (TPSA) is 66.0 Å². The normalized spacial score (nSPS) is 31.7. The molecule has 2 aromatic carbocycles. The summed E-state index contributed by atoms with van der Waals surface area (Å²) in [7, 11) is 0. The van der Waals surface area contributed by atoms with E-state index >= 15 is 0 Å². The van der Waals surface area contributed by atoms with Crippen LogP contribution < -0.4 is 9.47 Å². The van der Waals surface area contributed by atoms with E-state index in [2.05, 4.69) is 72.7 Å². The molecule has 0 heterocycles. The van der Waals surface area contributed by atoms with Crippen LogP contribution in [0.2, 0.25) is 0 Å². The Kier molecular flexibility index (Phi) is 5.91. The molecule has 6 rings (SSSR count). The summed E-state index contributed by atoms with van der Waals surface area (Å²) in [6, 6.07) is 9.27. The fraction of sp³-hybridized carbons (Fsp3) is 0.576. The minimum absolute atomic E-state index is 0.0966. The van der Waals surface area contributed by atoms with Crippen LogP contribution in [0.15, 0.2) is 24.3 Å². The van der Waals surface area contributed by atoms with Crippen molar-refractivity contribution in [2.75, 3.05) is 0 Å². The second kappa shape index (κ2) is 8.52. The van der Waals surface area contributed by atoms with Crippen molar-refractivity contribution in [1.29, 1.82) is 10.5 Å². The van der Waals surface area contributed by atoms with Gasteiger partial charge in [0.15, 0.2) is 0 Å². The number of aryl methyl sites for hydroxylation is 4. The van der Waals surface area contributed by atoms with Crippen LogP contribution in [0.3, 0.4) is 0 Å². The third kappa shape index (κ3) is 3.75.